The Morgan fingerprint density at radius 2 is 1.44 bits per heavy atom. The molecule has 0 N–H and O–H groups in total. The number of halogens is 6. The van der Waals surface area contributed by atoms with Gasteiger partial charge in [0, 0.05) is 0 Å². The van der Waals surface area contributed by atoms with Gasteiger partial charge in [0.1, 0.15) is 0 Å². The van der Waals surface area contributed by atoms with Gasteiger partial charge >= 0.3 is 24.3 Å². The van der Waals surface area contributed by atoms with Crippen LogP contribution in [0.4, 0.5) is 26.3 Å². The highest BCUT2D eigenvalue weighted by atomic mass is 19.4. The maximum Gasteiger partial charge on any atom is 0.434 e. The quantitative estimate of drug-likeness (QED) is 0.329. The summed E-state index contributed by atoms with van der Waals surface area (Å²) in [5.41, 5.74) is -2.03. The normalized spacial score (nSPS) is 15.4. The van der Waals surface area contributed by atoms with E-state index in [9.17, 15) is 35.9 Å². The third kappa shape index (κ3) is 6.73. The SMILES string of the molecule is C=CC(C)(C)C(C)(CC(C)C)C(=O)OCC(=O)OC(C(F)(F)F)C(F)(F)F. The number of hydrogen-bond acceptors (Lipinski definition) is 4. The van der Waals surface area contributed by atoms with Crippen LogP contribution < -0.4 is 0 Å². The largest absolute Gasteiger partial charge is 0.453 e. The van der Waals surface area contributed by atoms with Crippen LogP contribution in [0.5, 0.6) is 0 Å². The zero-order valence-electron chi connectivity index (χ0n) is 15.8. The van der Waals surface area contributed by atoms with Crippen molar-refractivity contribution < 1.29 is 45.4 Å². The highest BCUT2D eigenvalue weighted by molar-refractivity contribution is 5.81. The molecule has 0 aliphatic heterocycles. The average molecular weight is 406 g/mol. The second-order valence-corrected chi connectivity index (χ2v) is 7.39. The first-order valence-electron chi connectivity index (χ1n) is 8.02. The van der Waals surface area contributed by atoms with Gasteiger partial charge < -0.3 is 9.47 Å². The molecule has 0 fully saturated rings. The monoisotopic (exact) mass is 406 g/mol. The predicted molar refractivity (Wildman–Crippen MR) is 84.5 cm³/mol. The minimum absolute atomic E-state index is 0.00793. The standard InChI is InChI=1S/C17H24F6O4/c1-7-14(4,5)15(6,8-10(2)3)13(25)26-9-11(24)27-12(16(18,19)20)17(21,22)23/h7,10,12H,1,8-9H2,2-6H3. The molecule has 4 nitrogen and oxygen atoms in total. The van der Waals surface area contributed by atoms with E-state index in [0.29, 0.717) is 0 Å². The van der Waals surface area contributed by atoms with Gasteiger partial charge in [0.15, 0.2) is 6.61 Å². The summed E-state index contributed by atoms with van der Waals surface area (Å²) in [6.07, 6.45) is -14.2. The molecule has 0 bridgehead atoms. The fourth-order valence-electron chi connectivity index (χ4n) is 2.42. The molecule has 0 saturated heterocycles. The highest BCUT2D eigenvalue weighted by Gasteiger charge is 2.60. The van der Waals surface area contributed by atoms with Crippen LogP contribution in [0, 0.1) is 16.7 Å². The maximum atomic E-state index is 12.5. The van der Waals surface area contributed by atoms with E-state index < -0.39 is 47.8 Å². The van der Waals surface area contributed by atoms with Crippen molar-refractivity contribution in [2.45, 2.75) is 59.5 Å². The fourth-order valence-corrected chi connectivity index (χ4v) is 2.42. The van der Waals surface area contributed by atoms with Crippen LogP contribution in [0.2, 0.25) is 0 Å². The molecule has 0 radical (unpaired) electrons. The lowest BCUT2D eigenvalue weighted by atomic mass is 9.63. The first kappa shape index (κ1) is 25.3. The van der Waals surface area contributed by atoms with Crippen LogP contribution in [-0.2, 0) is 19.1 Å². The van der Waals surface area contributed by atoms with E-state index in [-0.39, 0.29) is 12.3 Å². The summed E-state index contributed by atoms with van der Waals surface area (Å²) >= 11 is 0. The first-order valence-corrected chi connectivity index (χ1v) is 8.02. The van der Waals surface area contributed by atoms with Crippen LogP contribution in [-0.4, -0.2) is 37.0 Å². The molecule has 1 atom stereocenters. The molecular weight excluding hydrogens is 382 g/mol. The molecule has 0 heterocycles. The summed E-state index contributed by atoms with van der Waals surface area (Å²) in [6.45, 7) is 10.8. The van der Waals surface area contributed by atoms with Crippen molar-refractivity contribution in [2.75, 3.05) is 6.61 Å². The smallest absolute Gasteiger partial charge is 0.434 e. The van der Waals surface area contributed by atoms with Gasteiger partial charge in [0.25, 0.3) is 6.10 Å². The summed E-state index contributed by atoms with van der Waals surface area (Å²) in [7, 11) is 0. The van der Waals surface area contributed by atoms with Crippen molar-refractivity contribution >= 4 is 11.9 Å². The molecule has 0 aromatic heterocycles. The summed E-state index contributed by atoms with van der Waals surface area (Å²) in [5, 5.41) is 0. The van der Waals surface area contributed by atoms with Crippen LogP contribution in [0.15, 0.2) is 12.7 Å². The molecule has 0 aromatic carbocycles. The molecule has 0 rings (SSSR count). The molecule has 0 spiro atoms. The summed E-state index contributed by atoms with van der Waals surface area (Å²) in [4.78, 5) is 23.9. The van der Waals surface area contributed by atoms with Crippen molar-refractivity contribution in [3.63, 3.8) is 0 Å². The first-order chi connectivity index (χ1) is 11.9. The second-order valence-electron chi connectivity index (χ2n) is 7.39. The highest BCUT2D eigenvalue weighted by Crippen LogP contribution is 2.45. The molecule has 1 unspecified atom stereocenters. The van der Waals surface area contributed by atoms with Gasteiger partial charge in [0.2, 0.25) is 0 Å². The minimum Gasteiger partial charge on any atom is -0.453 e. The predicted octanol–water partition coefficient (Wildman–Crippen LogP) is 4.83. The van der Waals surface area contributed by atoms with E-state index in [4.69, 9.17) is 0 Å². The number of hydrogen-bond donors (Lipinski definition) is 0. The zero-order valence-corrected chi connectivity index (χ0v) is 15.8. The Bertz CT molecular complexity index is 537. The molecule has 27 heavy (non-hydrogen) atoms. The summed E-state index contributed by atoms with van der Waals surface area (Å²) in [5.74, 6) is -2.89. The van der Waals surface area contributed by atoms with Crippen LogP contribution >= 0.6 is 0 Å². The van der Waals surface area contributed by atoms with Gasteiger partial charge in [-0.05, 0) is 24.7 Å². The number of carbonyl (C=O) groups is 2. The topological polar surface area (TPSA) is 52.6 Å². The molecule has 0 amide bonds. The number of ether oxygens (including phenoxy) is 2. The van der Waals surface area contributed by atoms with Gasteiger partial charge in [-0.25, -0.2) is 4.79 Å². The number of allylic oxidation sites excluding steroid dienone is 1. The molecule has 0 aliphatic carbocycles. The van der Waals surface area contributed by atoms with Crippen molar-refractivity contribution in [3.05, 3.63) is 12.7 Å². The molecule has 0 aromatic rings. The molecule has 0 aliphatic rings. The molecule has 10 heteroatoms. The molecular formula is C17H24F6O4. The van der Waals surface area contributed by atoms with Crippen molar-refractivity contribution in [2.24, 2.45) is 16.7 Å². The van der Waals surface area contributed by atoms with Crippen LogP contribution in [0.1, 0.15) is 41.0 Å². The van der Waals surface area contributed by atoms with Gasteiger partial charge in [0.05, 0.1) is 5.41 Å². The van der Waals surface area contributed by atoms with Gasteiger partial charge in [-0.1, -0.05) is 33.8 Å². The Kier molecular flexibility index (Phi) is 7.97. The van der Waals surface area contributed by atoms with Crippen molar-refractivity contribution in [1.82, 2.24) is 0 Å². The number of carbonyl (C=O) groups excluding carboxylic acids is 2. The van der Waals surface area contributed by atoms with Crippen LogP contribution in [0.25, 0.3) is 0 Å². The van der Waals surface area contributed by atoms with Crippen molar-refractivity contribution in [1.29, 1.82) is 0 Å². The fraction of sp³-hybridized carbons (Fsp3) is 0.765. The lowest BCUT2D eigenvalue weighted by Crippen LogP contribution is -2.47. The van der Waals surface area contributed by atoms with E-state index in [1.165, 1.54) is 13.0 Å². The van der Waals surface area contributed by atoms with E-state index in [1.807, 2.05) is 13.8 Å². The minimum atomic E-state index is -5.84. The number of rotatable bonds is 8. The lowest BCUT2D eigenvalue weighted by Gasteiger charge is -2.41. The van der Waals surface area contributed by atoms with E-state index >= 15 is 0 Å². The molecule has 0 saturated carbocycles. The van der Waals surface area contributed by atoms with Gasteiger partial charge in [-0.15, -0.1) is 6.58 Å². The number of alkyl halides is 6. The Labute approximate surface area is 153 Å². The lowest BCUT2D eigenvalue weighted by molar-refractivity contribution is -0.313. The van der Waals surface area contributed by atoms with E-state index in [0.717, 1.165) is 0 Å². The van der Waals surface area contributed by atoms with Gasteiger partial charge in [-0.3, -0.25) is 4.79 Å². The third-order valence-electron chi connectivity index (χ3n) is 4.36. The van der Waals surface area contributed by atoms with Gasteiger partial charge in [-0.2, -0.15) is 26.3 Å². The Morgan fingerprint density at radius 3 is 1.78 bits per heavy atom. The average Bonchev–Trinajstić information content (AvgIpc) is 2.46. The summed E-state index contributed by atoms with van der Waals surface area (Å²) < 4.78 is 82.5. The Morgan fingerprint density at radius 1 is 1.00 bits per heavy atom. The van der Waals surface area contributed by atoms with E-state index in [2.05, 4.69) is 16.1 Å². The van der Waals surface area contributed by atoms with E-state index in [1.54, 1.807) is 13.8 Å². The maximum absolute atomic E-state index is 12.5. The van der Waals surface area contributed by atoms with Crippen LogP contribution in [0.3, 0.4) is 0 Å². The zero-order chi connectivity index (χ0) is 21.8. The Hall–Kier alpha value is -1.74. The summed E-state index contributed by atoms with van der Waals surface area (Å²) in [6, 6.07) is 0. The number of esters is 2. The molecule has 158 valence electrons. The second kappa shape index (κ2) is 8.52. The third-order valence-corrected chi connectivity index (χ3v) is 4.36. The van der Waals surface area contributed by atoms with Crippen molar-refractivity contribution in [3.8, 4) is 0 Å². The Balaban J connectivity index is 5.24.